The van der Waals surface area contributed by atoms with E-state index in [9.17, 15) is 14.7 Å². The molecule has 4 nitrogen and oxygen atoms in total. The van der Waals surface area contributed by atoms with Crippen LogP contribution in [0.15, 0.2) is 18.2 Å². The van der Waals surface area contributed by atoms with Gasteiger partial charge < -0.3 is 10.0 Å². The summed E-state index contributed by atoms with van der Waals surface area (Å²) < 4.78 is 0. The Bertz CT molecular complexity index is 590. The molecule has 3 rings (SSSR count). The van der Waals surface area contributed by atoms with Crippen molar-refractivity contribution in [1.29, 1.82) is 0 Å². The molecule has 0 aromatic heterocycles. The minimum absolute atomic E-state index is 0.0306. The molecule has 2 fully saturated rings. The molecule has 3 unspecified atom stereocenters. The van der Waals surface area contributed by atoms with E-state index in [0.29, 0.717) is 22.0 Å². The lowest BCUT2D eigenvalue weighted by molar-refractivity contribution is -0.142. The molecule has 3 atom stereocenters. The van der Waals surface area contributed by atoms with Crippen LogP contribution in [0.3, 0.4) is 0 Å². The number of carbonyl (C=O) groups excluding carboxylic acids is 1. The van der Waals surface area contributed by atoms with Crippen LogP contribution >= 0.6 is 23.2 Å². The van der Waals surface area contributed by atoms with Crippen molar-refractivity contribution >= 4 is 35.1 Å². The van der Waals surface area contributed by atoms with Crippen LogP contribution < -0.4 is 0 Å². The Morgan fingerprint density at radius 1 is 1.20 bits per heavy atom. The number of carboxylic acids is 1. The van der Waals surface area contributed by atoms with Gasteiger partial charge in [-0.15, -0.1) is 0 Å². The Hall–Kier alpha value is -1.26. The topological polar surface area (TPSA) is 57.6 Å². The van der Waals surface area contributed by atoms with Gasteiger partial charge in [0.15, 0.2) is 0 Å². The first-order valence-electron chi connectivity index (χ1n) is 6.49. The van der Waals surface area contributed by atoms with Crippen LogP contribution in [-0.4, -0.2) is 34.0 Å². The second-order valence-electron chi connectivity index (χ2n) is 5.32. The zero-order chi connectivity index (χ0) is 14.4. The number of nitrogens with zero attached hydrogens (tertiary/aromatic N) is 1. The Morgan fingerprint density at radius 2 is 1.95 bits per heavy atom. The third-order valence-electron chi connectivity index (χ3n) is 4.26. The molecule has 106 valence electrons. The summed E-state index contributed by atoms with van der Waals surface area (Å²) in [4.78, 5) is 25.5. The van der Waals surface area contributed by atoms with E-state index < -0.39 is 11.9 Å². The number of benzene rings is 1. The molecular weight excluding hydrogens is 301 g/mol. The van der Waals surface area contributed by atoms with Crippen LogP contribution in [0.4, 0.5) is 0 Å². The van der Waals surface area contributed by atoms with Gasteiger partial charge in [0.2, 0.25) is 0 Å². The van der Waals surface area contributed by atoms with Gasteiger partial charge in [0.05, 0.1) is 16.0 Å². The number of fused-ring (bicyclic) bond motifs is 2. The molecule has 2 saturated heterocycles. The van der Waals surface area contributed by atoms with Crippen molar-refractivity contribution in [3.63, 3.8) is 0 Å². The van der Waals surface area contributed by atoms with Crippen molar-refractivity contribution in [2.24, 2.45) is 5.92 Å². The quantitative estimate of drug-likeness (QED) is 0.912. The largest absolute Gasteiger partial charge is 0.481 e. The fraction of sp³-hybridized carbons (Fsp3) is 0.429. The number of rotatable bonds is 2. The van der Waals surface area contributed by atoms with E-state index in [0.717, 1.165) is 12.8 Å². The third kappa shape index (κ3) is 2.07. The number of halogens is 2. The molecule has 2 aliphatic heterocycles. The third-order valence-corrected chi connectivity index (χ3v) is 4.99. The van der Waals surface area contributed by atoms with Gasteiger partial charge in [0, 0.05) is 17.6 Å². The molecule has 0 spiro atoms. The summed E-state index contributed by atoms with van der Waals surface area (Å²) in [5.74, 6) is -1.41. The Labute approximate surface area is 126 Å². The van der Waals surface area contributed by atoms with Gasteiger partial charge in [-0.1, -0.05) is 23.2 Å². The van der Waals surface area contributed by atoms with Gasteiger partial charge >= 0.3 is 5.97 Å². The van der Waals surface area contributed by atoms with E-state index >= 15 is 0 Å². The molecule has 1 aromatic rings. The van der Waals surface area contributed by atoms with Gasteiger partial charge in [-0.05, 0) is 37.5 Å². The molecule has 1 N–H and O–H groups in total. The summed E-state index contributed by atoms with van der Waals surface area (Å²) in [6, 6.07) is 4.59. The molecule has 0 radical (unpaired) electrons. The average Bonchev–Trinajstić information content (AvgIpc) is 2.98. The van der Waals surface area contributed by atoms with Crippen LogP contribution in [0, 0.1) is 5.92 Å². The Morgan fingerprint density at radius 3 is 2.55 bits per heavy atom. The molecule has 2 bridgehead atoms. The van der Waals surface area contributed by atoms with E-state index in [1.54, 1.807) is 23.1 Å². The number of hydrogen-bond donors (Lipinski definition) is 1. The van der Waals surface area contributed by atoms with E-state index in [-0.39, 0.29) is 18.0 Å². The van der Waals surface area contributed by atoms with Crippen molar-refractivity contribution in [2.45, 2.75) is 31.3 Å². The van der Waals surface area contributed by atoms with Crippen molar-refractivity contribution in [1.82, 2.24) is 4.90 Å². The molecule has 1 amide bonds. The highest BCUT2D eigenvalue weighted by molar-refractivity contribution is 6.42. The SMILES string of the molecule is O=C(O)C1CC2CCC1N2C(=O)c1ccc(Cl)c(Cl)c1. The maximum Gasteiger partial charge on any atom is 0.308 e. The highest BCUT2D eigenvalue weighted by Gasteiger charge is 2.51. The normalized spacial score (nSPS) is 27.9. The van der Waals surface area contributed by atoms with Crippen molar-refractivity contribution in [3.05, 3.63) is 33.8 Å². The monoisotopic (exact) mass is 313 g/mol. The van der Waals surface area contributed by atoms with Crippen LogP contribution in [0.2, 0.25) is 10.0 Å². The van der Waals surface area contributed by atoms with Crippen LogP contribution in [0.25, 0.3) is 0 Å². The van der Waals surface area contributed by atoms with Crippen molar-refractivity contribution in [3.8, 4) is 0 Å². The second kappa shape index (κ2) is 4.93. The first-order valence-corrected chi connectivity index (χ1v) is 7.25. The van der Waals surface area contributed by atoms with E-state index in [2.05, 4.69) is 0 Å². The zero-order valence-electron chi connectivity index (χ0n) is 10.6. The average molecular weight is 314 g/mol. The molecule has 2 aliphatic rings. The summed E-state index contributed by atoms with van der Waals surface area (Å²) in [7, 11) is 0. The Kier molecular flexibility index (Phi) is 3.38. The first-order chi connectivity index (χ1) is 9.49. The number of hydrogen-bond acceptors (Lipinski definition) is 2. The smallest absolute Gasteiger partial charge is 0.308 e. The lowest BCUT2D eigenvalue weighted by Crippen LogP contribution is -2.37. The molecular formula is C14H13Cl2NO3. The number of amides is 1. The molecule has 6 heteroatoms. The minimum atomic E-state index is -0.816. The van der Waals surface area contributed by atoms with Gasteiger partial charge in [-0.2, -0.15) is 0 Å². The fourth-order valence-corrected chi connectivity index (χ4v) is 3.65. The van der Waals surface area contributed by atoms with Gasteiger partial charge in [-0.3, -0.25) is 9.59 Å². The maximum atomic E-state index is 12.6. The summed E-state index contributed by atoms with van der Waals surface area (Å²) in [5.41, 5.74) is 0.460. The molecule has 20 heavy (non-hydrogen) atoms. The summed E-state index contributed by atoms with van der Waals surface area (Å²) in [6.45, 7) is 0. The van der Waals surface area contributed by atoms with Gasteiger partial charge in [-0.25, -0.2) is 0 Å². The molecule has 0 aliphatic carbocycles. The van der Waals surface area contributed by atoms with Gasteiger partial charge in [0.25, 0.3) is 5.91 Å². The number of aliphatic carboxylic acids is 1. The highest BCUT2D eigenvalue weighted by Crippen LogP contribution is 2.42. The molecule has 2 heterocycles. The van der Waals surface area contributed by atoms with E-state index in [4.69, 9.17) is 23.2 Å². The van der Waals surface area contributed by atoms with Crippen molar-refractivity contribution in [2.75, 3.05) is 0 Å². The standard InChI is InChI=1S/C14H13Cl2NO3/c15-10-3-1-7(5-11(10)16)13(18)17-8-2-4-12(17)9(6-8)14(19)20/h1,3,5,8-9,12H,2,4,6H2,(H,19,20). The second-order valence-corrected chi connectivity index (χ2v) is 6.13. The minimum Gasteiger partial charge on any atom is -0.481 e. The molecule has 0 saturated carbocycles. The predicted octanol–water partition coefficient (Wildman–Crippen LogP) is 3.07. The summed E-state index contributed by atoms with van der Waals surface area (Å²) in [5, 5.41) is 9.94. The first kappa shape index (κ1) is 13.7. The maximum absolute atomic E-state index is 12.6. The van der Waals surface area contributed by atoms with Crippen LogP contribution in [0.1, 0.15) is 29.6 Å². The fourth-order valence-electron chi connectivity index (χ4n) is 3.35. The van der Waals surface area contributed by atoms with Gasteiger partial charge in [0.1, 0.15) is 0 Å². The lowest BCUT2D eigenvalue weighted by Gasteiger charge is -2.23. The van der Waals surface area contributed by atoms with Crippen LogP contribution in [0.5, 0.6) is 0 Å². The van der Waals surface area contributed by atoms with Crippen molar-refractivity contribution < 1.29 is 14.7 Å². The van der Waals surface area contributed by atoms with E-state index in [1.807, 2.05) is 0 Å². The predicted molar refractivity (Wildman–Crippen MR) is 75.2 cm³/mol. The summed E-state index contributed by atoms with van der Waals surface area (Å²) >= 11 is 11.8. The molecule has 1 aromatic carbocycles. The highest BCUT2D eigenvalue weighted by atomic mass is 35.5. The lowest BCUT2D eigenvalue weighted by atomic mass is 9.89. The Balaban J connectivity index is 1.88. The summed E-state index contributed by atoms with van der Waals surface area (Å²) in [6.07, 6.45) is 2.18. The number of carboxylic acid groups (broad SMARTS) is 1. The zero-order valence-corrected chi connectivity index (χ0v) is 12.1. The van der Waals surface area contributed by atoms with E-state index in [1.165, 1.54) is 0 Å². The van der Waals surface area contributed by atoms with Crippen LogP contribution in [-0.2, 0) is 4.79 Å². The number of carbonyl (C=O) groups is 2.